The minimum atomic E-state index is -0.268. The Morgan fingerprint density at radius 1 is 0.545 bits per heavy atom. The molecule has 0 fully saturated rings. The first-order valence-electron chi connectivity index (χ1n) is 12.9. The third-order valence-electron chi connectivity index (χ3n) is 5.03. The van der Waals surface area contributed by atoms with Gasteiger partial charge in [0.05, 0.1) is 32.0 Å². The summed E-state index contributed by atoms with van der Waals surface area (Å²) in [6, 6.07) is 0. The first kappa shape index (κ1) is 32.2. The van der Waals surface area contributed by atoms with Crippen LogP contribution in [0.4, 0.5) is 0 Å². The van der Waals surface area contributed by atoms with Gasteiger partial charge in [0.1, 0.15) is 12.4 Å². The van der Waals surface area contributed by atoms with Crippen molar-refractivity contribution < 1.29 is 28.5 Å². The van der Waals surface area contributed by atoms with Crippen molar-refractivity contribution in [3.63, 3.8) is 0 Å². The highest BCUT2D eigenvalue weighted by molar-refractivity contribution is 5.79. The van der Waals surface area contributed by atoms with Crippen molar-refractivity contribution in [2.45, 2.75) is 111 Å². The highest BCUT2D eigenvalue weighted by Gasteiger charge is 2.12. The minimum absolute atomic E-state index is 0.145. The molecule has 0 spiro atoms. The highest BCUT2D eigenvalue weighted by atomic mass is 16.5. The molecule has 196 valence electrons. The molecule has 0 N–H and O–H groups in total. The quantitative estimate of drug-likeness (QED) is 0.182. The molecule has 6 nitrogen and oxygen atoms in total. The van der Waals surface area contributed by atoms with Crippen LogP contribution in [0.2, 0.25) is 0 Å². The Balaban J connectivity index is 3.27. The van der Waals surface area contributed by atoms with Crippen LogP contribution in [0.15, 0.2) is 0 Å². The van der Waals surface area contributed by atoms with Gasteiger partial charge >= 0.3 is 0 Å². The lowest BCUT2D eigenvalue weighted by molar-refractivity contribution is -0.128. The van der Waals surface area contributed by atoms with Gasteiger partial charge in [-0.25, -0.2) is 0 Å². The molecule has 0 aliphatic heterocycles. The largest absolute Gasteiger partial charge is 0.379 e. The molecule has 0 aliphatic carbocycles. The van der Waals surface area contributed by atoms with E-state index in [1.807, 2.05) is 20.8 Å². The third-order valence-corrected chi connectivity index (χ3v) is 5.03. The molecule has 0 saturated heterocycles. The Bertz CT molecular complexity index is 490. The second-order valence-electron chi connectivity index (χ2n) is 11.0. The third kappa shape index (κ3) is 27.3. The van der Waals surface area contributed by atoms with Crippen LogP contribution in [-0.4, -0.2) is 63.4 Å². The number of rotatable bonds is 22. The van der Waals surface area contributed by atoms with Crippen LogP contribution in [0.3, 0.4) is 0 Å². The topological polar surface area (TPSA) is 71.1 Å². The van der Waals surface area contributed by atoms with Gasteiger partial charge in [-0.05, 0) is 64.7 Å². The van der Waals surface area contributed by atoms with Crippen molar-refractivity contribution in [3.8, 4) is 0 Å². The lowest BCUT2D eigenvalue weighted by Crippen LogP contribution is -2.23. The van der Waals surface area contributed by atoms with Crippen LogP contribution in [0.25, 0.3) is 0 Å². The molecule has 0 amide bonds. The molecule has 0 radical (unpaired) electrons. The summed E-state index contributed by atoms with van der Waals surface area (Å²) in [6.07, 6.45) is 8.77. The van der Waals surface area contributed by atoms with Crippen LogP contribution < -0.4 is 0 Å². The monoisotopic (exact) mass is 472 g/mol. The van der Waals surface area contributed by atoms with Gasteiger partial charge in [-0.2, -0.15) is 0 Å². The van der Waals surface area contributed by atoms with E-state index in [1.165, 1.54) is 6.42 Å². The zero-order chi connectivity index (χ0) is 25.0. The molecule has 0 saturated carbocycles. The summed E-state index contributed by atoms with van der Waals surface area (Å²) in [6.45, 7) is 16.3. The van der Waals surface area contributed by atoms with E-state index >= 15 is 0 Å². The highest BCUT2D eigenvalue weighted by Crippen LogP contribution is 2.22. The number of hydrogen-bond acceptors (Lipinski definition) is 6. The van der Waals surface area contributed by atoms with Gasteiger partial charge in [-0.3, -0.25) is 9.59 Å². The molecule has 0 aromatic carbocycles. The predicted molar refractivity (Wildman–Crippen MR) is 134 cm³/mol. The number of Topliss-reactive ketones (excluding diaryl/α,β-unsaturated/α-hetero) is 2. The van der Waals surface area contributed by atoms with Crippen LogP contribution >= 0.6 is 0 Å². The summed E-state index contributed by atoms with van der Waals surface area (Å²) in [5.41, 5.74) is 0.0946. The first-order chi connectivity index (χ1) is 15.5. The van der Waals surface area contributed by atoms with Gasteiger partial charge in [0.2, 0.25) is 0 Å². The lowest BCUT2D eigenvalue weighted by Gasteiger charge is -2.18. The predicted octanol–water partition coefficient (Wildman–Crippen LogP) is 5.94. The number of carbonyl (C=O) groups is 2. The maximum Gasteiger partial charge on any atom is 0.158 e. The normalized spacial score (nSPS) is 12.3. The molecular weight excluding hydrogens is 420 g/mol. The molecular formula is C27H52O6. The van der Waals surface area contributed by atoms with Crippen molar-refractivity contribution >= 4 is 11.6 Å². The van der Waals surface area contributed by atoms with Crippen molar-refractivity contribution in [1.82, 2.24) is 0 Å². The van der Waals surface area contributed by atoms with Crippen LogP contribution in [0.5, 0.6) is 0 Å². The number of carbonyl (C=O) groups excluding carboxylic acids is 2. The Kier molecular flexibility index (Phi) is 19.0. The van der Waals surface area contributed by atoms with E-state index in [4.69, 9.17) is 18.9 Å². The standard InChI is InChI=1S/C27H52O6/c1-26(2,3)16-10-7-13-24(28)14-8-11-17-30-19-21-32-22-20-31-18-12-9-15-25(29)23-33-27(4,5)6/h7-23H2,1-6H3. The van der Waals surface area contributed by atoms with Gasteiger partial charge in [0.25, 0.3) is 0 Å². The Morgan fingerprint density at radius 2 is 0.970 bits per heavy atom. The van der Waals surface area contributed by atoms with E-state index in [1.54, 1.807) is 0 Å². The first-order valence-corrected chi connectivity index (χ1v) is 12.9. The fraction of sp³-hybridized carbons (Fsp3) is 0.926. The number of hydrogen-bond donors (Lipinski definition) is 0. The van der Waals surface area contributed by atoms with E-state index < -0.39 is 0 Å². The molecule has 0 bridgehead atoms. The zero-order valence-corrected chi connectivity index (χ0v) is 22.5. The maximum atomic E-state index is 11.9. The molecule has 33 heavy (non-hydrogen) atoms. The summed E-state index contributed by atoms with van der Waals surface area (Å²) in [7, 11) is 0. The van der Waals surface area contributed by atoms with Gasteiger partial charge in [-0.15, -0.1) is 0 Å². The summed E-state index contributed by atoms with van der Waals surface area (Å²) in [5.74, 6) is 0.528. The lowest BCUT2D eigenvalue weighted by atomic mass is 9.89. The van der Waals surface area contributed by atoms with E-state index in [-0.39, 0.29) is 18.0 Å². The van der Waals surface area contributed by atoms with E-state index in [2.05, 4.69) is 20.8 Å². The molecule has 0 aromatic rings. The smallest absolute Gasteiger partial charge is 0.158 e. The zero-order valence-electron chi connectivity index (χ0n) is 22.5. The summed E-state index contributed by atoms with van der Waals surface area (Å²) < 4.78 is 22.0. The molecule has 0 unspecified atom stereocenters. The molecule has 0 aromatic heterocycles. The van der Waals surface area contributed by atoms with E-state index in [0.29, 0.717) is 63.7 Å². The second-order valence-corrected chi connectivity index (χ2v) is 11.0. The second kappa shape index (κ2) is 19.5. The van der Waals surface area contributed by atoms with Crippen LogP contribution in [-0.2, 0) is 28.5 Å². The molecule has 6 heteroatoms. The maximum absolute atomic E-state index is 11.9. The Morgan fingerprint density at radius 3 is 1.42 bits per heavy atom. The molecule has 0 heterocycles. The average Bonchev–Trinajstić information content (AvgIpc) is 2.71. The van der Waals surface area contributed by atoms with Crippen LogP contribution in [0, 0.1) is 5.41 Å². The minimum Gasteiger partial charge on any atom is -0.379 e. The Labute approximate surface area is 203 Å². The molecule has 0 aliphatic rings. The van der Waals surface area contributed by atoms with Gasteiger partial charge in [0.15, 0.2) is 5.78 Å². The van der Waals surface area contributed by atoms with E-state index in [9.17, 15) is 9.59 Å². The van der Waals surface area contributed by atoms with Crippen molar-refractivity contribution in [3.05, 3.63) is 0 Å². The van der Waals surface area contributed by atoms with Crippen LogP contribution in [0.1, 0.15) is 106 Å². The fourth-order valence-electron chi connectivity index (χ4n) is 3.07. The Hall–Kier alpha value is -0.820. The van der Waals surface area contributed by atoms with Crippen molar-refractivity contribution in [2.75, 3.05) is 46.2 Å². The van der Waals surface area contributed by atoms with Gasteiger partial charge in [-0.1, -0.05) is 27.2 Å². The summed E-state index contributed by atoms with van der Waals surface area (Å²) >= 11 is 0. The molecule has 0 rings (SSSR count). The van der Waals surface area contributed by atoms with Crippen molar-refractivity contribution in [1.29, 1.82) is 0 Å². The number of unbranched alkanes of at least 4 members (excludes halogenated alkanes) is 3. The van der Waals surface area contributed by atoms with Crippen molar-refractivity contribution in [2.24, 2.45) is 5.41 Å². The molecule has 0 atom stereocenters. The van der Waals surface area contributed by atoms with E-state index in [0.717, 1.165) is 44.9 Å². The summed E-state index contributed by atoms with van der Waals surface area (Å²) in [5, 5.41) is 0. The number of ketones is 2. The summed E-state index contributed by atoms with van der Waals surface area (Å²) in [4.78, 5) is 23.6. The fourth-order valence-corrected chi connectivity index (χ4v) is 3.07. The van der Waals surface area contributed by atoms with Gasteiger partial charge < -0.3 is 18.9 Å². The average molecular weight is 473 g/mol. The van der Waals surface area contributed by atoms with Gasteiger partial charge in [0, 0.05) is 32.5 Å². The number of ether oxygens (including phenoxy) is 4. The SMILES string of the molecule is CC(C)(C)CCCCC(=O)CCCCOCCOCCOCCCCC(=O)COC(C)(C)C.